The molecule has 0 bridgehead atoms. The maximum Gasteiger partial charge on any atom is 4.00 e. The molecule has 290 valence electrons. The van der Waals surface area contributed by atoms with Crippen LogP contribution in [0.1, 0.15) is 22.3 Å². The van der Waals surface area contributed by atoms with E-state index in [4.69, 9.17) is 34.8 Å². The summed E-state index contributed by atoms with van der Waals surface area (Å²) < 4.78 is -0.750. The summed E-state index contributed by atoms with van der Waals surface area (Å²) in [4.78, 5) is 8.52. The van der Waals surface area contributed by atoms with Crippen LogP contribution in [-0.4, -0.2) is 176 Å². The normalized spacial score (nSPS) is 8.30. The van der Waals surface area contributed by atoms with Gasteiger partial charge in [0.25, 0.3) is 0 Å². The van der Waals surface area contributed by atoms with E-state index in [-0.39, 0.29) is 177 Å². The average Bonchev–Trinajstić information content (AvgIpc) is 2.95. The Morgan fingerprint density at radius 2 is 0.519 bits per heavy atom. The third-order valence-electron chi connectivity index (χ3n) is 5.04. The van der Waals surface area contributed by atoms with Gasteiger partial charge in [0.15, 0.2) is 4.30 Å². The fourth-order valence-corrected chi connectivity index (χ4v) is 3.48. The van der Waals surface area contributed by atoms with E-state index in [1.165, 1.54) is 22.3 Å². The van der Waals surface area contributed by atoms with Gasteiger partial charge in [0.1, 0.15) is 0 Å². The summed E-state index contributed by atoms with van der Waals surface area (Å²) in [6, 6.07) is 44.8. The van der Waals surface area contributed by atoms with Gasteiger partial charge < -0.3 is 101 Å². The van der Waals surface area contributed by atoms with Gasteiger partial charge in [0.2, 0.25) is 0 Å². The van der Waals surface area contributed by atoms with Gasteiger partial charge >= 0.3 is 95.6 Å². The second-order valence-electron chi connectivity index (χ2n) is 10.7. The number of halogens is 3. The molecular weight excluding hydrogens is 1270 g/mol. The molecule has 0 amide bonds. The fraction of sp³-hybridized carbons (Fsp3) is 0.351. The Kier molecular flexibility index (Phi) is 90.6. The van der Waals surface area contributed by atoms with E-state index < -0.39 is 4.30 Å². The molecule has 54 heavy (non-hydrogen) atoms. The van der Waals surface area contributed by atoms with Crippen molar-refractivity contribution in [3.63, 3.8) is 0 Å². The summed E-state index contributed by atoms with van der Waals surface area (Å²) in [7, 11) is 16.5. The average molecular weight is 1320 g/mol. The number of alkyl halides is 3. The second kappa shape index (κ2) is 58.0. The maximum atomic E-state index is 4.81. The first-order valence-electron chi connectivity index (χ1n) is 14.2. The van der Waals surface area contributed by atoms with E-state index in [0.717, 1.165) is 26.2 Å². The van der Waals surface area contributed by atoms with E-state index in [2.05, 4.69) is 125 Å². The number of rotatable bonds is 8. The molecule has 17 heteroatoms. The van der Waals surface area contributed by atoms with E-state index in [1.54, 1.807) is 0 Å². The molecule has 0 aliphatic carbocycles. The Hall–Kier alpha value is 2.88. The molecule has 0 aliphatic heterocycles. The molecule has 0 saturated heterocycles. The first-order valence-corrected chi connectivity index (χ1v) is 15.5. The van der Waals surface area contributed by atoms with Crippen LogP contribution in [0.4, 0.5) is 0 Å². The number of nitrogens with zero attached hydrogens (tertiary/aromatic N) is 4. The van der Waals surface area contributed by atoms with Crippen LogP contribution in [0.15, 0.2) is 97.1 Å². The van der Waals surface area contributed by atoms with Gasteiger partial charge in [-0.2, -0.15) is 121 Å². The predicted molar refractivity (Wildman–Crippen MR) is 259 cm³/mol. The van der Waals surface area contributed by atoms with E-state index in [0.29, 0.717) is 0 Å². The van der Waals surface area contributed by atoms with Crippen molar-refractivity contribution < 1.29 is 0 Å². The first kappa shape index (κ1) is 84.4. The zero-order valence-electron chi connectivity index (χ0n) is 32.0. The van der Waals surface area contributed by atoms with Crippen molar-refractivity contribution in [1.29, 1.82) is 0 Å². The van der Waals surface area contributed by atoms with Gasteiger partial charge in [-0.05, 0) is 56.4 Å². The van der Waals surface area contributed by atoms with Crippen molar-refractivity contribution in [3.05, 3.63) is 144 Å². The number of benzene rings is 4. The van der Waals surface area contributed by atoms with Gasteiger partial charge in [0, 0.05) is 26.2 Å². The Morgan fingerprint density at radius 1 is 0.370 bits per heavy atom. The van der Waals surface area contributed by atoms with Crippen LogP contribution in [0.2, 0.25) is 0 Å². The van der Waals surface area contributed by atoms with E-state index >= 15 is 0 Å². The van der Waals surface area contributed by atoms with Gasteiger partial charge in [0.05, 0.1) is 0 Å². The third kappa shape index (κ3) is 61.5. The zero-order chi connectivity index (χ0) is 33.2. The maximum absolute atomic E-state index is 4.81. The summed E-state index contributed by atoms with van der Waals surface area (Å²) in [6.07, 6.45) is 0. The summed E-state index contributed by atoms with van der Waals surface area (Å²) in [5.41, 5.74) is 4.97. The van der Waals surface area contributed by atoms with Crippen LogP contribution in [0.25, 0.3) is 0 Å². The van der Waals surface area contributed by atoms with Gasteiger partial charge in [-0.25, -0.2) is 0 Å². The molecule has 0 aliphatic rings. The third-order valence-corrected chi connectivity index (χ3v) is 5.04. The molecular formula is C37H49Cl3N4S6Sn4. The van der Waals surface area contributed by atoms with Crippen molar-refractivity contribution in [2.45, 2.75) is 30.5 Å². The summed E-state index contributed by atoms with van der Waals surface area (Å²) in [5.74, 6) is 0. The molecule has 0 fully saturated rings. The van der Waals surface area contributed by atoms with Crippen molar-refractivity contribution in [1.82, 2.24) is 19.6 Å². The van der Waals surface area contributed by atoms with Crippen molar-refractivity contribution >= 4 is 211 Å². The minimum absolute atomic E-state index is 0. The molecule has 0 aromatic heterocycles. The molecule has 0 heterocycles. The second-order valence-corrected chi connectivity index (χ2v) is 12.7. The van der Waals surface area contributed by atoms with Crippen LogP contribution in [0.3, 0.4) is 0 Å². The van der Waals surface area contributed by atoms with Crippen LogP contribution >= 0.6 is 34.8 Å². The molecule has 0 N–H and O–H groups in total. The van der Waals surface area contributed by atoms with Crippen LogP contribution in [-0.2, 0) is 107 Å². The molecule has 4 aromatic rings. The van der Waals surface area contributed by atoms with Gasteiger partial charge in [-0.3, -0.25) is 0 Å². The Balaban J connectivity index is -0.0000000463. The standard InChI is InChI=1S/4C9H12N.CHCl3.6S.4Sn/c4*1-10(2)8-9-6-4-3-5-7-9;2-1(3)4;;;;;;;;;;/h4*3-6H,8H2,1-2H3;1H;;;;;;;;;;/q4*-1;;6*-2;4*+4. The van der Waals surface area contributed by atoms with Crippen molar-refractivity contribution in [3.8, 4) is 0 Å². The monoisotopic (exact) mass is 1330 g/mol. The smallest absolute Gasteiger partial charge is 2.00 e. The summed E-state index contributed by atoms with van der Waals surface area (Å²) >= 11 is 14.4. The molecule has 0 saturated carbocycles. The number of hydrogen-bond donors (Lipinski definition) is 0. The van der Waals surface area contributed by atoms with E-state index in [1.807, 2.05) is 72.8 Å². The molecule has 0 radical (unpaired) electrons. The van der Waals surface area contributed by atoms with Crippen LogP contribution in [0.5, 0.6) is 0 Å². The van der Waals surface area contributed by atoms with E-state index in [9.17, 15) is 0 Å². The molecule has 0 spiro atoms. The summed E-state index contributed by atoms with van der Waals surface area (Å²) in [5, 5.41) is 0. The molecule has 0 unspecified atom stereocenters. The van der Waals surface area contributed by atoms with Gasteiger partial charge in [-0.15, -0.1) is 22.3 Å². The fourth-order valence-electron chi connectivity index (χ4n) is 3.48. The molecule has 4 nitrogen and oxygen atoms in total. The van der Waals surface area contributed by atoms with Crippen molar-refractivity contribution in [2.75, 3.05) is 56.4 Å². The Bertz CT molecular complexity index is 1000. The Morgan fingerprint density at radius 3 is 0.611 bits per heavy atom. The zero-order valence-corrected chi connectivity index (χ0v) is 50.6. The van der Waals surface area contributed by atoms with Crippen LogP contribution < -0.4 is 0 Å². The summed E-state index contributed by atoms with van der Waals surface area (Å²) in [6.45, 7) is 3.89. The van der Waals surface area contributed by atoms with Crippen LogP contribution in [0, 0.1) is 24.3 Å². The SMILES string of the molecule is CN(C)Cc1[c-]cccc1.CN(C)Cc1[c-]cccc1.CN(C)Cc1[c-]cccc1.CN(C)Cc1[c-]cccc1.ClC(Cl)Cl.[S-2].[S-2].[S-2].[S-2].[S-2].[S-2].[Sn+4].[Sn+4].[Sn+4].[Sn+4]. The quantitative estimate of drug-likeness (QED) is 0.112. The largest absolute Gasteiger partial charge is 4.00 e. The molecule has 0 atom stereocenters. The molecule has 4 aromatic carbocycles. The minimum Gasteiger partial charge on any atom is -2.00 e. The Labute approximate surface area is 455 Å². The topological polar surface area (TPSA) is 13.0 Å². The molecule has 4 rings (SSSR count). The number of hydrogen-bond acceptors (Lipinski definition) is 4. The van der Waals surface area contributed by atoms with Gasteiger partial charge in [-0.1, -0.05) is 34.8 Å². The minimum atomic E-state index is -0.750. The van der Waals surface area contributed by atoms with Crippen molar-refractivity contribution in [2.24, 2.45) is 0 Å². The first-order chi connectivity index (χ1) is 20.9. The predicted octanol–water partition coefficient (Wildman–Crippen LogP) is 6.64.